The summed E-state index contributed by atoms with van der Waals surface area (Å²) in [5.74, 6) is 0.780. The number of aliphatic hydroxyl groups excluding tert-OH is 1. The van der Waals surface area contributed by atoms with Crippen LogP contribution < -0.4 is 10.6 Å². The SMILES string of the molecule is CN=C(NCc1cccc(CN(C)C)c1)NCC1(CCO)CCOC1. The molecule has 0 aliphatic carbocycles. The lowest BCUT2D eigenvalue weighted by Gasteiger charge is -2.27. The van der Waals surface area contributed by atoms with E-state index in [1.165, 1.54) is 11.1 Å². The number of guanidine groups is 1. The molecule has 1 aromatic rings. The minimum atomic E-state index is 0.0119. The highest BCUT2D eigenvalue weighted by atomic mass is 16.5. The van der Waals surface area contributed by atoms with Gasteiger partial charge in [-0.1, -0.05) is 24.3 Å². The van der Waals surface area contributed by atoms with Crippen molar-refractivity contribution >= 4 is 5.96 Å². The lowest BCUT2D eigenvalue weighted by molar-refractivity contribution is 0.127. The third kappa shape index (κ3) is 6.30. The van der Waals surface area contributed by atoms with Gasteiger partial charge in [-0.2, -0.15) is 0 Å². The van der Waals surface area contributed by atoms with Gasteiger partial charge in [-0.3, -0.25) is 4.99 Å². The molecule has 1 saturated heterocycles. The van der Waals surface area contributed by atoms with E-state index in [2.05, 4.69) is 58.9 Å². The molecule has 25 heavy (non-hydrogen) atoms. The smallest absolute Gasteiger partial charge is 0.191 e. The summed E-state index contributed by atoms with van der Waals surface area (Å²) in [7, 11) is 5.93. The van der Waals surface area contributed by atoms with Crippen molar-refractivity contribution in [3.8, 4) is 0 Å². The first kappa shape index (κ1) is 19.7. The molecule has 1 aromatic carbocycles. The summed E-state index contributed by atoms with van der Waals surface area (Å²) >= 11 is 0. The second-order valence-corrected chi connectivity index (χ2v) is 7.11. The van der Waals surface area contributed by atoms with Gasteiger partial charge < -0.3 is 25.4 Å². The van der Waals surface area contributed by atoms with Crippen molar-refractivity contribution in [2.24, 2.45) is 10.4 Å². The number of hydrogen-bond donors (Lipinski definition) is 3. The van der Waals surface area contributed by atoms with Crippen LogP contribution in [0.1, 0.15) is 24.0 Å². The zero-order chi connectivity index (χ0) is 18.1. The highest BCUT2D eigenvalue weighted by Gasteiger charge is 2.34. The number of ether oxygens (including phenoxy) is 1. The van der Waals surface area contributed by atoms with E-state index in [0.29, 0.717) is 6.61 Å². The van der Waals surface area contributed by atoms with Crippen molar-refractivity contribution in [2.75, 3.05) is 47.5 Å². The molecular formula is C19H32N4O2. The van der Waals surface area contributed by atoms with E-state index in [1.807, 2.05) is 0 Å². The van der Waals surface area contributed by atoms with Crippen LogP contribution in [0, 0.1) is 5.41 Å². The third-order valence-corrected chi connectivity index (χ3v) is 4.63. The van der Waals surface area contributed by atoms with Crippen molar-refractivity contribution < 1.29 is 9.84 Å². The largest absolute Gasteiger partial charge is 0.396 e. The van der Waals surface area contributed by atoms with E-state index in [0.717, 1.165) is 45.0 Å². The van der Waals surface area contributed by atoms with Crippen molar-refractivity contribution in [1.82, 2.24) is 15.5 Å². The highest BCUT2D eigenvalue weighted by Crippen LogP contribution is 2.31. The molecule has 0 amide bonds. The van der Waals surface area contributed by atoms with Gasteiger partial charge in [-0.25, -0.2) is 0 Å². The maximum absolute atomic E-state index is 9.32. The van der Waals surface area contributed by atoms with E-state index in [4.69, 9.17) is 4.74 Å². The molecule has 3 N–H and O–H groups in total. The van der Waals surface area contributed by atoms with E-state index in [9.17, 15) is 5.11 Å². The Balaban J connectivity index is 1.86. The molecule has 1 fully saturated rings. The summed E-state index contributed by atoms with van der Waals surface area (Å²) in [5, 5.41) is 16.1. The van der Waals surface area contributed by atoms with E-state index in [1.54, 1.807) is 7.05 Å². The number of rotatable bonds is 8. The molecule has 2 rings (SSSR count). The number of aliphatic hydroxyl groups is 1. The lowest BCUT2D eigenvalue weighted by Crippen LogP contribution is -2.44. The minimum Gasteiger partial charge on any atom is -0.396 e. The van der Waals surface area contributed by atoms with Crippen LogP contribution >= 0.6 is 0 Å². The first-order valence-corrected chi connectivity index (χ1v) is 8.92. The molecule has 0 radical (unpaired) electrons. The Kier molecular flexibility index (Phi) is 7.68. The van der Waals surface area contributed by atoms with E-state index in [-0.39, 0.29) is 12.0 Å². The minimum absolute atomic E-state index is 0.0119. The number of nitrogens with one attached hydrogen (secondary N) is 2. The number of nitrogens with zero attached hydrogens (tertiary/aromatic N) is 2. The molecule has 6 heteroatoms. The Morgan fingerprint density at radius 3 is 2.76 bits per heavy atom. The van der Waals surface area contributed by atoms with E-state index >= 15 is 0 Å². The fourth-order valence-corrected chi connectivity index (χ4v) is 3.19. The number of benzene rings is 1. The third-order valence-electron chi connectivity index (χ3n) is 4.63. The summed E-state index contributed by atoms with van der Waals surface area (Å²) in [4.78, 5) is 6.47. The van der Waals surface area contributed by atoms with Gasteiger partial charge in [0, 0.05) is 45.3 Å². The second kappa shape index (κ2) is 9.75. The van der Waals surface area contributed by atoms with Crippen LogP contribution in [0.3, 0.4) is 0 Å². The van der Waals surface area contributed by atoms with Crippen molar-refractivity contribution in [1.29, 1.82) is 0 Å². The van der Waals surface area contributed by atoms with Crippen LogP contribution in [0.15, 0.2) is 29.3 Å². The Morgan fingerprint density at radius 1 is 1.32 bits per heavy atom. The maximum Gasteiger partial charge on any atom is 0.191 e. The van der Waals surface area contributed by atoms with Crippen molar-refractivity contribution in [3.05, 3.63) is 35.4 Å². The summed E-state index contributed by atoms with van der Waals surface area (Å²) in [6.07, 6.45) is 1.73. The van der Waals surface area contributed by atoms with Gasteiger partial charge >= 0.3 is 0 Å². The molecule has 1 unspecified atom stereocenters. The topological polar surface area (TPSA) is 69.1 Å². The molecular weight excluding hydrogens is 316 g/mol. The van der Waals surface area contributed by atoms with Gasteiger partial charge in [0.15, 0.2) is 5.96 Å². The first-order chi connectivity index (χ1) is 12.1. The summed E-state index contributed by atoms with van der Waals surface area (Å²) < 4.78 is 5.54. The molecule has 0 spiro atoms. The standard InChI is InChI=1S/C19H32N4O2/c1-20-18(22-14-19(7-9-24)8-10-25-15-19)21-12-16-5-4-6-17(11-16)13-23(2)3/h4-6,11,24H,7-10,12-15H2,1-3H3,(H2,20,21,22). The average Bonchev–Trinajstić information content (AvgIpc) is 3.04. The van der Waals surface area contributed by atoms with Crippen LogP contribution in [0.25, 0.3) is 0 Å². The van der Waals surface area contributed by atoms with Crippen LogP contribution in [0.5, 0.6) is 0 Å². The fraction of sp³-hybridized carbons (Fsp3) is 0.632. The van der Waals surface area contributed by atoms with Crippen molar-refractivity contribution in [3.63, 3.8) is 0 Å². The van der Waals surface area contributed by atoms with Crippen LogP contribution in [-0.2, 0) is 17.8 Å². The number of aliphatic imine (C=N–C) groups is 1. The number of hydrogen-bond acceptors (Lipinski definition) is 4. The molecule has 1 aliphatic heterocycles. The normalized spacial score (nSPS) is 20.9. The lowest BCUT2D eigenvalue weighted by atomic mass is 9.84. The quantitative estimate of drug-likeness (QED) is 0.487. The van der Waals surface area contributed by atoms with E-state index < -0.39 is 0 Å². The zero-order valence-corrected chi connectivity index (χ0v) is 15.7. The van der Waals surface area contributed by atoms with Crippen LogP contribution in [-0.4, -0.2) is 63.5 Å². The predicted molar refractivity (Wildman–Crippen MR) is 102 cm³/mol. The predicted octanol–water partition coefficient (Wildman–Crippen LogP) is 1.20. The van der Waals surface area contributed by atoms with Gasteiger partial charge in [0.05, 0.1) is 6.61 Å². The average molecular weight is 348 g/mol. The molecule has 6 nitrogen and oxygen atoms in total. The maximum atomic E-state index is 9.32. The monoisotopic (exact) mass is 348 g/mol. The summed E-state index contributed by atoms with van der Waals surface area (Å²) in [6, 6.07) is 8.59. The Morgan fingerprint density at radius 2 is 2.12 bits per heavy atom. The summed E-state index contributed by atoms with van der Waals surface area (Å²) in [5.41, 5.74) is 2.55. The molecule has 1 aliphatic rings. The van der Waals surface area contributed by atoms with Gasteiger partial charge in [-0.15, -0.1) is 0 Å². The second-order valence-electron chi connectivity index (χ2n) is 7.11. The fourth-order valence-electron chi connectivity index (χ4n) is 3.19. The summed E-state index contributed by atoms with van der Waals surface area (Å²) in [6.45, 7) is 4.08. The van der Waals surface area contributed by atoms with Gasteiger partial charge in [0.2, 0.25) is 0 Å². The molecule has 0 bridgehead atoms. The highest BCUT2D eigenvalue weighted by molar-refractivity contribution is 5.79. The van der Waals surface area contributed by atoms with Crippen LogP contribution in [0.2, 0.25) is 0 Å². The molecule has 1 atom stereocenters. The molecule has 0 saturated carbocycles. The van der Waals surface area contributed by atoms with Gasteiger partial charge in [0.1, 0.15) is 0 Å². The van der Waals surface area contributed by atoms with Gasteiger partial charge in [-0.05, 0) is 38.1 Å². The molecule has 1 heterocycles. The molecule has 0 aromatic heterocycles. The Labute approximate surface area is 151 Å². The Bertz CT molecular complexity index is 554. The molecule has 140 valence electrons. The van der Waals surface area contributed by atoms with Crippen LogP contribution in [0.4, 0.5) is 0 Å². The Hall–Kier alpha value is -1.63. The first-order valence-electron chi connectivity index (χ1n) is 8.92. The zero-order valence-electron chi connectivity index (χ0n) is 15.7. The van der Waals surface area contributed by atoms with Crippen molar-refractivity contribution in [2.45, 2.75) is 25.9 Å². The van der Waals surface area contributed by atoms with Gasteiger partial charge in [0.25, 0.3) is 0 Å².